The average molecular weight is 1200 g/mol. The molecule has 0 saturated carbocycles. The summed E-state index contributed by atoms with van der Waals surface area (Å²) in [4.78, 5) is 92.7. The molecule has 0 fully saturated rings. The molecule has 0 saturated heterocycles. The van der Waals surface area contributed by atoms with Crippen molar-refractivity contribution in [1.82, 2.24) is 4.57 Å². The number of hydrogen-bond acceptors (Lipinski definition) is 18. The third-order valence-corrected chi connectivity index (χ3v) is 11.4. The third-order valence-electron chi connectivity index (χ3n) is 10.1. The number of carbonyl (C=O) groups is 7. The molecule has 0 spiro atoms. The lowest BCUT2D eigenvalue weighted by Crippen LogP contribution is -2.47. The number of carbonyl (C=O) groups excluding carboxylic acids is 7. The first-order valence-electron chi connectivity index (χ1n) is 20.6. The molecule has 2 bridgehead atoms. The first-order valence-corrected chi connectivity index (χ1v) is 23.8. The second-order valence-electron chi connectivity index (χ2n) is 18.8. The lowest BCUT2D eigenvalue weighted by atomic mass is 9.90. The lowest BCUT2D eigenvalue weighted by Gasteiger charge is -2.33. The van der Waals surface area contributed by atoms with Crippen molar-refractivity contribution < 1.29 is 86.4 Å². The Bertz CT molecular complexity index is 1840. The van der Waals surface area contributed by atoms with Gasteiger partial charge >= 0.3 is 41.8 Å². The number of halogens is 4. The predicted octanol–water partition coefficient (Wildman–Crippen LogP) is 6.11. The molecule has 2 N–H and O–H groups in total. The Morgan fingerprint density at radius 3 is 1.03 bits per heavy atom. The SMILES string of the molecule is CC(C)(Br)C(=O)OCC(C)(COC(=O)C(C)(C)Br)C(=O)OCC(C)(COC(=O)C(C)(COC(=O)C(C)(C)Br)COC(=O)C(C)(C)Br)C(=O)OCCOCCn1c(O)c2c(c1O)C1C=CC2O1. The standard InChI is InChI=1S/C43H59Br4NO18/c1-37(2,44)30(51)60-18-42(10,19-61-31(52)38(3,4)45)35(56)64-22-41(9,23-65-36(57)43(11,20-62-32(53)39(5,6)46)21-63-33(54)40(7,8)47)34(55)59-17-16-58-15-14-48-28(49)26-24-12-13-25(66-24)27(26)29(48)50/h12-13,24-25,49-50H,14-23H2,1-11H3. The Kier molecular flexibility index (Phi) is 19.0. The van der Waals surface area contributed by atoms with Gasteiger partial charge in [-0.2, -0.15) is 0 Å². The van der Waals surface area contributed by atoms with Crippen LogP contribution in [0.4, 0.5) is 0 Å². The highest BCUT2D eigenvalue weighted by Gasteiger charge is 2.47. The van der Waals surface area contributed by atoms with Crippen molar-refractivity contribution in [2.45, 2.75) is 112 Å². The Morgan fingerprint density at radius 2 is 0.742 bits per heavy atom. The number of nitrogens with zero attached hydrogens (tertiary/aromatic N) is 1. The number of rotatable bonds is 25. The van der Waals surface area contributed by atoms with Crippen LogP contribution in [0.1, 0.15) is 99.5 Å². The van der Waals surface area contributed by atoms with Gasteiger partial charge in [-0.15, -0.1) is 0 Å². The fraction of sp³-hybridized carbons (Fsp3) is 0.698. The van der Waals surface area contributed by atoms with Crippen LogP contribution in [0.15, 0.2) is 12.2 Å². The monoisotopic (exact) mass is 1190 g/mol. The van der Waals surface area contributed by atoms with E-state index in [2.05, 4.69) is 63.7 Å². The molecule has 1 aromatic rings. The molecule has 2 unspecified atom stereocenters. The highest BCUT2D eigenvalue weighted by Crippen LogP contribution is 2.54. The highest BCUT2D eigenvalue weighted by atomic mass is 79.9. The summed E-state index contributed by atoms with van der Waals surface area (Å²) >= 11 is 12.8. The van der Waals surface area contributed by atoms with Gasteiger partial charge in [-0.1, -0.05) is 75.9 Å². The van der Waals surface area contributed by atoms with Crippen LogP contribution >= 0.6 is 63.7 Å². The van der Waals surface area contributed by atoms with E-state index in [1.807, 2.05) is 0 Å². The predicted molar refractivity (Wildman–Crippen MR) is 247 cm³/mol. The zero-order valence-electron chi connectivity index (χ0n) is 38.8. The van der Waals surface area contributed by atoms with E-state index in [-0.39, 0.29) is 38.1 Å². The summed E-state index contributed by atoms with van der Waals surface area (Å²) in [6, 6.07) is 0. The number of hydrogen-bond donors (Lipinski definition) is 2. The first kappa shape index (κ1) is 57.1. The molecule has 1 aromatic heterocycles. The van der Waals surface area contributed by atoms with E-state index >= 15 is 0 Å². The quantitative estimate of drug-likeness (QED) is 0.0368. The Morgan fingerprint density at radius 1 is 0.470 bits per heavy atom. The van der Waals surface area contributed by atoms with E-state index in [1.165, 1.54) is 80.7 Å². The number of fused-ring (bicyclic) bond motifs is 5. The van der Waals surface area contributed by atoms with Gasteiger partial charge in [-0.25, -0.2) is 0 Å². The second-order valence-corrected chi connectivity index (χ2v) is 26.7. The van der Waals surface area contributed by atoms with Gasteiger partial charge in [-0.3, -0.25) is 38.1 Å². The third kappa shape index (κ3) is 14.9. The van der Waals surface area contributed by atoms with E-state index in [0.29, 0.717) is 11.1 Å². The molecule has 3 rings (SSSR count). The molecular weight excluding hydrogens is 1140 g/mol. The van der Waals surface area contributed by atoms with Gasteiger partial charge in [0.25, 0.3) is 0 Å². The number of esters is 7. The zero-order valence-corrected chi connectivity index (χ0v) is 45.1. The summed E-state index contributed by atoms with van der Waals surface area (Å²) in [7, 11) is 0. The lowest BCUT2D eigenvalue weighted by molar-refractivity contribution is -0.182. The minimum absolute atomic E-state index is 0.0269. The summed E-state index contributed by atoms with van der Waals surface area (Å²) in [5.41, 5.74) is -4.67. The van der Waals surface area contributed by atoms with Gasteiger partial charge < -0.3 is 52.8 Å². The maximum Gasteiger partial charge on any atom is 0.322 e. The van der Waals surface area contributed by atoms with Crippen LogP contribution < -0.4 is 0 Å². The molecule has 66 heavy (non-hydrogen) atoms. The Labute approximate surface area is 417 Å². The molecule has 2 aliphatic heterocycles. The van der Waals surface area contributed by atoms with E-state index in [4.69, 9.17) is 42.6 Å². The van der Waals surface area contributed by atoms with Crippen molar-refractivity contribution in [1.29, 1.82) is 0 Å². The van der Waals surface area contributed by atoms with Crippen molar-refractivity contribution in [2.24, 2.45) is 16.2 Å². The molecule has 0 aromatic carbocycles. The van der Waals surface area contributed by atoms with E-state index in [0.717, 1.165) is 0 Å². The van der Waals surface area contributed by atoms with E-state index in [1.54, 1.807) is 12.2 Å². The van der Waals surface area contributed by atoms with Gasteiger partial charge in [0, 0.05) is 0 Å². The van der Waals surface area contributed by atoms with Crippen molar-refractivity contribution in [3.63, 3.8) is 0 Å². The fourth-order valence-corrected chi connectivity index (χ4v) is 6.13. The number of aromatic hydroxyl groups is 2. The minimum Gasteiger partial charge on any atom is -0.494 e. The fourth-order valence-electron chi connectivity index (χ4n) is 5.67. The molecule has 2 atom stereocenters. The molecule has 23 heteroatoms. The van der Waals surface area contributed by atoms with E-state index in [9.17, 15) is 43.8 Å². The molecular formula is C43H59Br4NO18. The number of alkyl halides is 4. The van der Waals surface area contributed by atoms with Crippen LogP contribution in [0.5, 0.6) is 11.8 Å². The molecule has 2 aliphatic rings. The van der Waals surface area contributed by atoms with Crippen LogP contribution in [0.2, 0.25) is 0 Å². The largest absolute Gasteiger partial charge is 0.494 e. The molecule has 0 amide bonds. The van der Waals surface area contributed by atoms with Crippen LogP contribution in [-0.4, -0.2) is 133 Å². The number of aromatic nitrogens is 1. The van der Waals surface area contributed by atoms with Crippen molar-refractivity contribution in [2.75, 3.05) is 59.5 Å². The van der Waals surface area contributed by atoms with Crippen molar-refractivity contribution in [3.05, 3.63) is 23.3 Å². The summed E-state index contributed by atoms with van der Waals surface area (Å²) in [5, 5.41) is 21.5. The van der Waals surface area contributed by atoms with Crippen LogP contribution in [0.25, 0.3) is 0 Å². The maximum atomic E-state index is 13.9. The summed E-state index contributed by atoms with van der Waals surface area (Å²) in [5.74, 6) is -6.51. The van der Waals surface area contributed by atoms with Crippen molar-refractivity contribution >= 4 is 106 Å². The van der Waals surface area contributed by atoms with Gasteiger partial charge in [0.05, 0.1) is 30.9 Å². The Hall–Kier alpha value is -3.25. The molecule has 0 aliphatic carbocycles. The Balaban J connectivity index is 1.83. The average Bonchev–Trinajstić information content (AvgIpc) is 3.91. The van der Waals surface area contributed by atoms with E-state index < -0.39 is 127 Å². The maximum absolute atomic E-state index is 13.9. The van der Waals surface area contributed by atoms with Crippen LogP contribution in [0.3, 0.4) is 0 Å². The highest BCUT2D eigenvalue weighted by molar-refractivity contribution is 9.10. The first-order chi connectivity index (χ1) is 30.1. The molecule has 372 valence electrons. The summed E-state index contributed by atoms with van der Waals surface area (Å²) in [6.45, 7) is 11.4. The molecule has 19 nitrogen and oxygen atoms in total. The van der Waals surface area contributed by atoms with Gasteiger partial charge in [0.15, 0.2) is 0 Å². The second kappa shape index (κ2) is 22.0. The molecule has 3 heterocycles. The zero-order chi connectivity index (χ0) is 50.4. The minimum atomic E-state index is -1.97. The number of ether oxygens (including phenoxy) is 9. The van der Waals surface area contributed by atoms with Gasteiger partial charge in [0.1, 0.15) is 92.0 Å². The smallest absolute Gasteiger partial charge is 0.322 e. The summed E-state index contributed by atoms with van der Waals surface area (Å²) in [6.07, 6.45) is 2.64. The van der Waals surface area contributed by atoms with Crippen LogP contribution in [-0.2, 0) is 82.7 Å². The molecule has 0 radical (unpaired) electrons. The summed E-state index contributed by atoms with van der Waals surface area (Å²) < 4.78 is 46.4. The van der Waals surface area contributed by atoms with Crippen LogP contribution in [0, 0.1) is 16.2 Å². The topological polar surface area (TPSA) is 248 Å². The normalized spacial score (nSPS) is 16.3. The van der Waals surface area contributed by atoms with Crippen molar-refractivity contribution in [3.8, 4) is 11.8 Å². The van der Waals surface area contributed by atoms with Gasteiger partial charge in [-0.05, 0) is 76.2 Å². The van der Waals surface area contributed by atoms with Gasteiger partial charge in [0.2, 0.25) is 11.8 Å².